The molecule has 2 aliphatic rings. The lowest BCUT2D eigenvalue weighted by atomic mass is 9.83. The lowest BCUT2D eigenvalue weighted by Gasteiger charge is -2.40. The Morgan fingerprint density at radius 2 is 1.72 bits per heavy atom. The summed E-state index contributed by atoms with van der Waals surface area (Å²) in [6.07, 6.45) is 4.32. The van der Waals surface area contributed by atoms with Crippen LogP contribution >= 0.6 is 0 Å². The molecule has 2 aromatic rings. The minimum atomic E-state index is -3.86. The Kier molecular flexibility index (Phi) is 9.00. The Morgan fingerprint density at radius 1 is 1.05 bits per heavy atom. The van der Waals surface area contributed by atoms with E-state index in [1.54, 1.807) is 0 Å². The van der Waals surface area contributed by atoms with Gasteiger partial charge in [-0.05, 0) is 49.7 Å². The monoisotopic (exact) mass is 593 g/mol. The molecule has 3 heterocycles. The molecule has 2 bridgehead atoms. The van der Waals surface area contributed by atoms with Gasteiger partial charge in [-0.2, -0.15) is 4.31 Å². The third-order valence-electron chi connectivity index (χ3n) is 7.17. The highest BCUT2D eigenvalue weighted by Crippen LogP contribution is 2.42. The number of halogens is 3. The van der Waals surface area contributed by atoms with E-state index in [1.807, 2.05) is 0 Å². The molecule has 1 aromatic carbocycles. The fourth-order valence-electron chi connectivity index (χ4n) is 5.34. The number of sulfonamides is 2. The Morgan fingerprint density at radius 3 is 2.36 bits per heavy atom. The number of piperidine rings is 1. The second-order valence-corrected chi connectivity index (χ2v) is 13.7. The summed E-state index contributed by atoms with van der Waals surface area (Å²) in [4.78, 5) is 15.4. The zero-order valence-electron chi connectivity index (χ0n) is 20.9. The summed E-state index contributed by atoms with van der Waals surface area (Å²) in [6, 6.07) is 0.0439. The molecule has 4 rings (SSSR count). The van der Waals surface area contributed by atoms with Crippen LogP contribution in [-0.4, -0.2) is 74.8 Å². The highest BCUT2D eigenvalue weighted by atomic mass is 32.2. The molecule has 39 heavy (non-hydrogen) atoms. The third kappa shape index (κ3) is 7.16. The van der Waals surface area contributed by atoms with Crippen LogP contribution in [0.4, 0.5) is 13.2 Å². The first kappa shape index (κ1) is 29.5. The van der Waals surface area contributed by atoms with Crippen molar-refractivity contribution < 1.29 is 39.2 Å². The van der Waals surface area contributed by atoms with Gasteiger partial charge in [-0.3, -0.25) is 4.79 Å². The lowest BCUT2D eigenvalue weighted by molar-refractivity contribution is 0.0928. The topological polar surface area (TPSA) is 165 Å². The van der Waals surface area contributed by atoms with Crippen LogP contribution in [-0.2, 0) is 26.5 Å². The summed E-state index contributed by atoms with van der Waals surface area (Å²) in [5.74, 6) is -5.06. The summed E-state index contributed by atoms with van der Waals surface area (Å²) < 4.78 is 100. The number of rotatable bonds is 12. The van der Waals surface area contributed by atoms with Crippen LogP contribution in [0.5, 0.6) is 0 Å². The van der Waals surface area contributed by atoms with Gasteiger partial charge in [-0.15, -0.1) is 0 Å². The number of nitrogens with one attached hydrogen (secondary N) is 2. The molecule has 16 heteroatoms. The number of aromatic nitrogens is 1. The van der Waals surface area contributed by atoms with E-state index in [-0.39, 0.29) is 48.8 Å². The number of hydrogen-bond donors (Lipinski definition) is 3. The van der Waals surface area contributed by atoms with Gasteiger partial charge >= 0.3 is 0 Å². The van der Waals surface area contributed by atoms with E-state index in [1.165, 1.54) is 10.5 Å². The van der Waals surface area contributed by atoms with Crippen LogP contribution < -0.4 is 15.8 Å². The van der Waals surface area contributed by atoms with Crippen molar-refractivity contribution >= 4 is 26.0 Å². The SMILES string of the molecule is N[C@H](Cc1cc(F)c(F)cc1F)C1CC2CCC(C1)N2S(=O)(=O)CCNS(=O)(=O)CCNC(=O)c1cnco1. The molecule has 216 valence electrons. The van der Waals surface area contributed by atoms with Crippen molar-refractivity contribution in [1.29, 1.82) is 0 Å². The van der Waals surface area contributed by atoms with Crippen LogP contribution in [0.25, 0.3) is 0 Å². The maximum Gasteiger partial charge on any atom is 0.288 e. The number of oxazole rings is 1. The molecule has 0 spiro atoms. The van der Waals surface area contributed by atoms with Gasteiger partial charge in [0.1, 0.15) is 5.82 Å². The van der Waals surface area contributed by atoms with Crippen molar-refractivity contribution in [3.05, 3.63) is 53.5 Å². The molecular formula is C23H30F3N5O6S2. The van der Waals surface area contributed by atoms with E-state index in [9.17, 15) is 34.8 Å². The number of amides is 1. The van der Waals surface area contributed by atoms with E-state index in [2.05, 4.69) is 15.0 Å². The number of carbonyl (C=O) groups excluding carboxylic acids is 1. The van der Waals surface area contributed by atoms with Gasteiger partial charge in [0.2, 0.25) is 25.8 Å². The minimum absolute atomic E-state index is 0.0134. The molecule has 2 unspecified atom stereocenters. The maximum absolute atomic E-state index is 14.1. The molecule has 0 aliphatic carbocycles. The Labute approximate surface area is 224 Å². The average molecular weight is 594 g/mol. The quantitative estimate of drug-likeness (QED) is 0.305. The summed E-state index contributed by atoms with van der Waals surface area (Å²) in [7, 11) is -7.67. The molecule has 3 atom stereocenters. The number of nitrogens with zero attached hydrogens (tertiary/aromatic N) is 2. The smallest absolute Gasteiger partial charge is 0.288 e. The highest BCUT2D eigenvalue weighted by molar-refractivity contribution is 7.90. The van der Waals surface area contributed by atoms with Gasteiger partial charge < -0.3 is 15.5 Å². The molecule has 1 aromatic heterocycles. The molecule has 11 nitrogen and oxygen atoms in total. The average Bonchev–Trinajstić information content (AvgIpc) is 3.49. The van der Waals surface area contributed by atoms with E-state index in [0.29, 0.717) is 31.7 Å². The zero-order valence-corrected chi connectivity index (χ0v) is 22.5. The molecule has 1 amide bonds. The van der Waals surface area contributed by atoms with Gasteiger partial charge in [-0.25, -0.2) is 39.7 Å². The standard InChI is InChI=1S/C23H30F3N5O6S2/c24-18-11-20(26)19(25)9-14(18)10-21(27)15-7-16-1-2-17(8-15)31(16)39(35,36)6-4-30-38(33,34)5-3-29-23(32)22-12-28-13-37-22/h9,11-13,15-17,21,30H,1-8,10,27H2,(H,29,32)/t15?,16?,17?,21-/m1/s1. The van der Waals surface area contributed by atoms with Crippen molar-refractivity contribution in [2.24, 2.45) is 11.7 Å². The van der Waals surface area contributed by atoms with Crippen molar-refractivity contribution in [2.45, 2.75) is 50.2 Å². The maximum atomic E-state index is 14.1. The van der Waals surface area contributed by atoms with Gasteiger partial charge in [0.15, 0.2) is 18.0 Å². The van der Waals surface area contributed by atoms with E-state index in [4.69, 9.17) is 10.2 Å². The van der Waals surface area contributed by atoms with Crippen LogP contribution in [0.15, 0.2) is 29.1 Å². The Hall–Kier alpha value is -2.53. The Bertz CT molecular complexity index is 1380. The first-order valence-electron chi connectivity index (χ1n) is 12.4. The summed E-state index contributed by atoms with van der Waals surface area (Å²) >= 11 is 0. The second-order valence-electron chi connectivity index (χ2n) is 9.82. The molecular weight excluding hydrogens is 563 g/mol. The Balaban J connectivity index is 1.26. The first-order chi connectivity index (χ1) is 18.4. The predicted octanol–water partition coefficient (Wildman–Crippen LogP) is 0.884. The summed E-state index contributed by atoms with van der Waals surface area (Å²) in [6.45, 7) is -0.553. The molecule has 2 saturated heterocycles. The van der Waals surface area contributed by atoms with Crippen molar-refractivity contribution in [3.63, 3.8) is 0 Å². The molecule has 2 fully saturated rings. The van der Waals surface area contributed by atoms with Gasteiger partial charge in [0.25, 0.3) is 5.91 Å². The van der Waals surface area contributed by atoms with Crippen molar-refractivity contribution in [3.8, 4) is 0 Å². The molecule has 0 radical (unpaired) electrons. The number of fused-ring (bicyclic) bond motifs is 2. The number of carbonyl (C=O) groups is 1. The van der Waals surface area contributed by atoms with Crippen LogP contribution in [0, 0.1) is 23.4 Å². The number of hydrogen-bond acceptors (Lipinski definition) is 8. The van der Waals surface area contributed by atoms with E-state index in [0.717, 1.165) is 12.5 Å². The van der Waals surface area contributed by atoms with Crippen molar-refractivity contribution in [2.75, 3.05) is 24.6 Å². The largest absolute Gasteiger partial charge is 0.438 e. The number of benzene rings is 1. The predicted molar refractivity (Wildman–Crippen MR) is 134 cm³/mol. The van der Waals surface area contributed by atoms with Crippen LogP contribution in [0.1, 0.15) is 41.8 Å². The van der Waals surface area contributed by atoms with Gasteiger partial charge in [-0.1, -0.05) is 0 Å². The van der Waals surface area contributed by atoms with E-state index < -0.39 is 61.0 Å². The normalized spacial score (nSPS) is 22.6. The first-order valence-corrected chi connectivity index (χ1v) is 15.7. The second kappa shape index (κ2) is 11.9. The molecule has 0 saturated carbocycles. The number of nitrogens with two attached hydrogens (primary N) is 1. The molecule has 4 N–H and O–H groups in total. The fraction of sp³-hybridized carbons (Fsp3) is 0.565. The van der Waals surface area contributed by atoms with Gasteiger partial charge in [0, 0.05) is 37.3 Å². The van der Waals surface area contributed by atoms with E-state index >= 15 is 0 Å². The highest BCUT2D eigenvalue weighted by Gasteiger charge is 2.47. The molecule has 2 aliphatic heterocycles. The van der Waals surface area contributed by atoms with Gasteiger partial charge in [0.05, 0.1) is 17.7 Å². The lowest BCUT2D eigenvalue weighted by Crippen LogP contribution is -2.51. The summed E-state index contributed by atoms with van der Waals surface area (Å²) in [5.41, 5.74) is 6.26. The zero-order chi connectivity index (χ0) is 28.4. The summed E-state index contributed by atoms with van der Waals surface area (Å²) in [5, 5.41) is 2.37. The minimum Gasteiger partial charge on any atom is -0.438 e. The fourth-order valence-corrected chi connectivity index (χ4v) is 8.26. The van der Waals surface area contributed by atoms with Crippen molar-refractivity contribution in [1.82, 2.24) is 19.3 Å². The van der Waals surface area contributed by atoms with Crippen LogP contribution in [0.3, 0.4) is 0 Å². The van der Waals surface area contributed by atoms with Crippen LogP contribution in [0.2, 0.25) is 0 Å². The third-order valence-corrected chi connectivity index (χ3v) is 10.5.